The first-order valence-electron chi connectivity index (χ1n) is 10.6. The summed E-state index contributed by atoms with van der Waals surface area (Å²) in [4.78, 5) is 17.3. The van der Waals surface area contributed by atoms with Crippen LogP contribution in [0, 0.1) is 0 Å². The standard InChI is InChI=1S/C24H30N4O/c25-22-7-3-8-23(18-22)28-15-13-27(14-16-28)12-4-11-26-24(29)21-10-9-19-5-1-2-6-20(19)17-21/h1-3,5-8,17-18H,4,9-16,25H2,(H,26,29). The van der Waals surface area contributed by atoms with Crippen LogP contribution in [-0.4, -0.2) is 50.1 Å². The lowest BCUT2D eigenvalue weighted by Crippen LogP contribution is -2.47. The minimum Gasteiger partial charge on any atom is -0.399 e. The highest BCUT2D eigenvalue weighted by atomic mass is 16.1. The lowest BCUT2D eigenvalue weighted by molar-refractivity contribution is -0.117. The van der Waals surface area contributed by atoms with Gasteiger partial charge in [0.05, 0.1) is 0 Å². The molecule has 5 nitrogen and oxygen atoms in total. The second-order valence-corrected chi connectivity index (χ2v) is 7.90. The molecule has 0 atom stereocenters. The van der Waals surface area contributed by atoms with E-state index in [-0.39, 0.29) is 5.91 Å². The van der Waals surface area contributed by atoms with Crippen molar-refractivity contribution in [2.24, 2.45) is 0 Å². The van der Waals surface area contributed by atoms with Gasteiger partial charge in [-0.25, -0.2) is 0 Å². The summed E-state index contributed by atoms with van der Waals surface area (Å²) in [6.07, 6.45) is 4.80. The van der Waals surface area contributed by atoms with Gasteiger partial charge >= 0.3 is 0 Å². The number of nitrogens with zero attached hydrogens (tertiary/aromatic N) is 2. The predicted octanol–water partition coefficient (Wildman–Crippen LogP) is 2.93. The molecule has 1 amide bonds. The molecule has 0 spiro atoms. The maximum atomic E-state index is 12.5. The first kappa shape index (κ1) is 19.5. The largest absolute Gasteiger partial charge is 0.399 e. The van der Waals surface area contributed by atoms with Crippen molar-refractivity contribution >= 4 is 23.4 Å². The van der Waals surface area contributed by atoms with Crippen LogP contribution in [0.2, 0.25) is 0 Å². The molecule has 1 heterocycles. The third kappa shape index (κ3) is 4.98. The topological polar surface area (TPSA) is 61.6 Å². The fraction of sp³-hybridized carbons (Fsp3) is 0.375. The Hall–Kier alpha value is -2.79. The molecule has 0 aromatic heterocycles. The molecule has 0 bridgehead atoms. The first-order valence-corrected chi connectivity index (χ1v) is 10.6. The molecule has 152 valence electrons. The summed E-state index contributed by atoms with van der Waals surface area (Å²) in [7, 11) is 0. The Kier molecular flexibility index (Phi) is 6.15. The molecule has 0 radical (unpaired) electrons. The SMILES string of the molecule is Nc1cccc(N2CCN(CCCNC(=O)C3=Cc4ccccc4CC3)CC2)c1. The van der Waals surface area contributed by atoms with E-state index in [1.165, 1.54) is 16.8 Å². The Morgan fingerprint density at radius 2 is 1.83 bits per heavy atom. The van der Waals surface area contributed by atoms with E-state index in [4.69, 9.17) is 5.73 Å². The molecule has 0 unspecified atom stereocenters. The summed E-state index contributed by atoms with van der Waals surface area (Å²) in [5, 5.41) is 3.11. The van der Waals surface area contributed by atoms with Gasteiger partial charge in [-0.15, -0.1) is 0 Å². The van der Waals surface area contributed by atoms with Gasteiger partial charge in [0.25, 0.3) is 0 Å². The van der Waals surface area contributed by atoms with Crippen LogP contribution in [-0.2, 0) is 11.2 Å². The molecule has 1 aliphatic heterocycles. The number of aryl methyl sites for hydroxylation is 1. The number of amides is 1. The van der Waals surface area contributed by atoms with Crippen molar-refractivity contribution in [3.8, 4) is 0 Å². The molecule has 2 aromatic rings. The molecule has 2 aliphatic rings. The molecule has 1 fully saturated rings. The summed E-state index contributed by atoms with van der Waals surface area (Å²) in [5.41, 5.74) is 11.3. The molecule has 4 rings (SSSR count). The fourth-order valence-electron chi connectivity index (χ4n) is 4.18. The molecule has 1 aliphatic carbocycles. The molecule has 1 saturated heterocycles. The van der Waals surface area contributed by atoms with Gasteiger partial charge in [0.2, 0.25) is 5.91 Å². The normalized spacial score (nSPS) is 16.8. The zero-order chi connectivity index (χ0) is 20.1. The van der Waals surface area contributed by atoms with Gasteiger partial charge in [-0.1, -0.05) is 30.3 Å². The first-order chi connectivity index (χ1) is 14.2. The van der Waals surface area contributed by atoms with Crippen molar-refractivity contribution in [2.75, 3.05) is 49.9 Å². The number of nitrogen functional groups attached to an aromatic ring is 1. The summed E-state index contributed by atoms with van der Waals surface area (Å²) < 4.78 is 0. The van der Waals surface area contributed by atoms with Gasteiger partial charge in [-0.2, -0.15) is 0 Å². The van der Waals surface area contributed by atoms with Crippen molar-refractivity contribution in [2.45, 2.75) is 19.3 Å². The van der Waals surface area contributed by atoms with Gasteiger partial charge in [-0.05, 0) is 61.2 Å². The van der Waals surface area contributed by atoms with E-state index in [1.54, 1.807) is 0 Å². The smallest absolute Gasteiger partial charge is 0.247 e. The van der Waals surface area contributed by atoms with Gasteiger partial charge in [0.15, 0.2) is 0 Å². The van der Waals surface area contributed by atoms with Crippen LogP contribution in [0.3, 0.4) is 0 Å². The molecular weight excluding hydrogens is 360 g/mol. The Labute approximate surface area is 173 Å². The van der Waals surface area contributed by atoms with E-state index < -0.39 is 0 Å². The molecule has 2 aromatic carbocycles. The third-order valence-corrected chi connectivity index (χ3v) is 5.88. The van der Waals surface area contributed by atoms with Crippen LogP contribution in [0.1, 0.15) is 24.0 Å². The number of piperazine rings is 1. The Morgan fingerprint density at radius 3 is 2.66 bits per heavy atom. The van der Waals surface area contributed by atoms with E-state index in [0.717, 1.165) is 69.8 Å². The predicted molar refractivity (Wildman–Crippen MR) is 120 cm³/mol. The van der Waals surface area contributed by atoms with Crippen molar-refractivity contribution in [3.63, 3.8) is 0 Å². The van der Waals surface area contributed by atoms with Gasteiger partial charge in [-0.3, -0.25) is 9.69 Å². The molecule has 29 heavy (non-hydrogen) atoms. The molecule has 0 saturated carbocycles. The fourth-order valence-corrected chi connectivity index (χ4v) is 4.18. The highest BCUT2D eigenvalue weighted by Crippen LogP contribution is 2.23. The van der Waals surface area contributed by atoms with Gasteiger partial charge < -0.3 is 16.0 Å². The average molecular weight is 391 g/mol. The minimum atomic E-state index is 0.0889. The average Bonchev–Trinajstić information content (AvgIpc) is 2.76. The van der Waals surface area contributed by atoms with Gasteiger partial charge in [0.1, 0.15) is 0 Å². The number of carbonyl (C=O) groups excluding carboxylic acids is 1. The maximum absolute atomic E-state index is 12.5. The van der Waals surface area contributed by atoms with Gasteiger partial charge in [0, 0.05) is 49.7 Å². The number of nitrogens with one attached hydrogen (secondary N) is 1. The maximum Gasteiger partial charge on any atom is 0.247 e. The number of nitrogens with two attached hydrogens (primary N) is 1. The monoisotopic (exact) mass is 390 g/mol. The van der Waals surface area contributed by atoms with Crippen molar-refractivity contribution < 1.29 is 4.79 Å². The van der Waals surface area contributed by atoms with Crippen molar-refractivity contribution in [1.82, 2.24) is 10.2 Å². The van der Waals surface area contributed by atoms with Crippen molar-refractivity contribution in [3.05, 3.63) is 65.2 Å². The van der Waals surface area contributed by atoms with Crippen LogP contribution < -0.4 is 16.0 Å². The Bertz CT molecular complexity index is 884. The Morgan fingerprint density at radius 1 is 1.00 bits per heavy atom. The van der Waals surface area contributed by atoms with E-state index in [9.17, 15) is 4.79 Å². The molecule has 5 heteroatoms. The summed E-state index contributed by atoms with van der Waals surface area (Å²) >= 11 is 0. The second kappa shape index (κ2) is 9.14. The lowest BCUT2D eigenvalue weighted by atomic mass is 9.92. The second-order valence-electron chi connectivity index (χ2n) is 7.90. The number of hydrogen-bond acceptors (Lipinski definition) is 4. The van der Waals surface area contributed by atoms with Crippen molar-refractivity contribution in [1.29, 1.82) is 0 Å². The van der Waals surface area contributed by atoms with Crippen LogP contribution in [0.15, 0.2) is 54.1 Å². The van der Waals surface area contributed by atoms with E-state index in [2.05, 4.69) is 39.4 Å². The summed E-state index contributed by atoms with van der Waals surface area (Å²) in [5.74, 6) is 0.0889. The van der Waals surface area contributed by atoms with E-state index in [0.29, 0.717) is 0 Å². The zero-order valence-electron chi connectivity index (χ0n) is 16.9. The zero-order valence-corrected chi connectivity index (χ0v) is 16.9. The number of carbonyl (C=O) groups is 1. The third-order valence-electron chi connectivity index (χ3n) is 5.88. The number of anilines is 2. The minimum absolute atomic E-state index is 0.0889. The van der Waals surface area contributed by atoms with E-state index in [1.807, 2.05) is 30.3 Å². The molecular formula is C24H30N4O. The van der Waals surface area contributed by atoms with E-state index >= 15 is 0 Å². The summed E-state index contributed by atoms with van der Waals surface area (Å²) in [6.45, 7) is 5.87. The van der Waals surface area contributed by atoms with Crippen LogP contribution >= 0.6 is 0 Å². The van der Waals surface area contributed by atoms with Crippen LogP contribution in [0.25, 0.3) is 6.08 Å². The van der Waals surface area contributed by atoms with Crippen LogP contribution in [0.5, 0.6) is 0 Å². The lowest BCUT2D eigenvalue weighted by Gasteiger charge is -2.36. The summed E-state index contributed by atoms with van der Waals surface area (Å²) in [6, 6.07) is 16.4. The van der Waals surface area contributed by atoms with Crippen LogP contribution in [0.4, 0.5) is 11.4 Å². The molecule has 3 N–H and O–H groups in total. The number of benzene rings is 2. The highest BCUT2D eigenvalue weighted by molar-refractivity contribution is 5.98. The highest BCUT2D eigenvalue weighted by Gasteiger charge is 2.18. The number of rotatable bonds is 6. The number of hydrogen-bond donors (Lipinski definition) is 2. The quantitative estimate of drug-likeness (QED) is 0.588. The number of fused-ring (bicyclic) bond motifs is 1. The Balaban J connectivity index is 1.17.